The zero-order valence-electron chi connectivity index (χ0n) is 6.36. The van der Waals surface area contributed by atoms with E-state index in [0.717, 1.165) is 5.82 Å². The van der Waals surface area contributed by atoms with Gasteiger partial charge in [0.1, 0.15) is 11.9 Å². The molecular formula is C9H7N3. The molecule has 3 heteroatoms. The Morgan fingerprint density at radius 1 is 1.42 bits per heavy atom. The maximum atomic E-state index is 8.57. The van der Waals surface area contributed by atoms with Crippen LogP contribution in [-0.4, -0.2) is 9.55 Å². The van der Waals surface area contributed by atoms with Gasteiger partial charge in [-0.1, -0.05) is 0 Å². The van der Waals surface area contributed by atoms with Gasteiger partial charge in [0.05, 0.1) is 5.56 Å². The number of nitrogens with zero attached hydrogens (tertiary/aromatic N) is 2. The van der Waals surface area contributed by atoms with Crippen molar-refractivity contribution in [3.05, 3.63) is 42.4 Å². The third-order valence-corrected chi connectivity index (χ3v) is 1.68. The SMILES string of the molecule is N#Cc1ccn(-c2ccc[nH]2)c1. The largest absolute Gasteiger partial charge is 0.348 e. The molecule has 0 aliphatic rings. The highest BCUT2D eigenvalue weighted by atomic mass is 15.0. The summed E-state index contributed by atoms with van der Waals surface area (Å²) in [6.45, 7) is 0. The summed E-state index contributed by atoms with van der Waals surface area (Å²) in [4.78, 5) is 3.04. The van der Waals surface area contributed by atoms with E-state index in [9.17, 15) is 0 Å². The van der Waals surface area contributed by atoms with E-state index in [1.165, 1.54) is 0 Å². The second-order valence-corrected chi connectivity index (χ2v) is 2.47. The summed E-state index contributed by atoms with van der Waals surface area (Å²) in [5.41, 5.74) is 0.671. The molecule has 0 bridgehead atoms. The van der Waals surface area contributed by atoms with Gasteiger partial charge in [0.15, 0.2) is 0 Å². The van der Waals surface area contributed by atoms with Crippen molar-refractivity contribution in [2.45, 2.75) is 0 Å². The Balaban J connectivity index is 2.44. The zero-order chi connectivity index (χ0) is 8.39. The van der Waals surface area contributed by atoms with Crippen molar-refractivity contribution >= 4 is 0 Å². The Hall–Kier alpha value is -1.95. The minimum absolute atomic E-state index is 0.671. The van der Waals surface area contributed by atoms with Gasteiger partial charge in [0.2, 0.25) is 0 Å². The molecule has 0 fully saturated rings. The number of rotatable bonds is 1. The first kappa shape index (κ1) is 6.74. The molecule has 2 aromatic heterocycles. The zero-order valence-corrected chi connectivity index (χ0v) is 6.36. The molecule has 0 saturated carbocycles. The van der Waals surface area contributed by atoms with Crippen LogP contribution in [-0.2, 0) is 0 Å². The molecule has 3 nitrogen and oxygen atoms in total. The third kappa shape index (κ3) is 0.995. The van der Waals surface area contributed by atoms with Gasteiger partial charge in [0.25, 0.3) is 0 Å². The Morgan fingerprint density at radius 3 is 2.92 bits per heavy atom. The van der Waals surface area contributed by atoms with Gasteiger partial charge in [-0.3, -0.25) is 0 Å². The van der Waals surface area contributed by atoms with Crippen LogP contribution in [0.15, 0.2) is 36.8 Å². The van der Waals surface area contributed by atoms with E-state index in [1.807, 2.05) is 29.1 Å². The molecule has 0 atom stereocenters. The van der Waals surface area contributed by atoms with E-state index in [-0.39, 0.29) is 0 Å². The van der Waals surface area contributed by atoms with Crippen LogP contribution in [0.25, 0.3) is 5.82 Å². The first-order valence-electron chi connectivity index (χ1n) is 3.62. The second-order valence-electron chi connectivity index (χ2n) is 2.47. The Labute approximate surface area is 69.9 Å². The highest BCUT2D eigenvalue weighted by molar-refractivity contribution is 5.32. The highest BCUT2D eigenvalue weighted by Crippen LogP contribution is 2.06. The Bertz CT molecular complexity index is 403. The van der Waals surface area contributed by atoms with E-state index >= 15 is 0 Å². The third-order valence-electron chi connectivity index (χ3n) is 1.68. The van der Waals surface area contributed by atoms with Crippen LogP contribution < -0.4 is 0 Å². The smallest absolute Gasteiger partial charge is 0.114 e. The maximum absolute atomic E-state index is 8.57. The first-order valence-corrected chi connectivity index (χ1v) is 3.62. The standard InChI is InChI=1S/C9H7N3/c10-6-8-3-5-12(7-8)9-2-1-4-11-9/h1-5,7,11H. The highest BCUT2D eigenvalue weighted by Gasteiger charge is 1.96. The molecule has 0 amide bonds. The van der Waals surface area contributed by atoms with Crippen LogP contribution in [0, 0.1) is 11.3 Å². The molecule has 0 aliphatic heterocycles. The molecule has 0 unspecified atom stereocenters. The molecule has 0 saturated heterocycles. The molecule has 0 aromatic carbocycles. The predicted octanol–water partition coefficient (Wildman–Crippen LogP) is 1.68. The van der Waals surface area contributed by atoms with Crippen molar-refractivity contribution in [1.82, 2.24) is 9.55 Å². The number of nitriles is 1. The summed E-state index contributed by atoms with van der Waals surface area (Å²) in [6, 6.07) is 7.72. The lowest BCUT2D eigenvalue weighted by molar-refractivity contribution is 1.03. The molecule has 0 spiro atoms. The second kappa shape index (κ2) is 2.59. The molecule has 2 heterocycles. The summed E-state index contributed by atoms with van der Waals surface area (Å²) in [5.74, 6) is 0.969. The average molecular weight is 157 g/mol. The summed E-state index contributed by atoms with van der Waals surface area (Å²) < 4.78 is 1.87. The van der Waals surface area contributed by atoms with Crippen LogP contribution in [0.1, 0.15) is 5.56 Å². The fourth-order valence-electron chi connectivity index (χ4n) is 1.09. The summed E-state index contributed by atoms with van der Waals surface area (Å²) in [5, 5.41) is 8.57. The minimum atomic E-state index is 0.671. The minimum Gasteiger partial charge on any atom is -0.348 e. The van der Waals surface area contributed by atoms with Crippen molar-refractivity contribution in [3.63, 3.8) is 0 Å². The quantitative estimate of drug-likeness (QED) is 0.672. The van der Waals surface area contributed by atoms with Crippen molar-refractivity contribution in [2.75, 3.05) is 0 Å². The number of H-pyrrole nitrogens is 1. The van der Waals surface area contributed by atoms with Crippen molar-refractivity contribution < 1.29 is 0 Å². The van der Waals surface area contributed by atoms with Gasteiger partial charge in [-0.25, -0.2) is 0 Å². The van der Waals surface area contributed by atoms with Gasteiger partial charge < -0.3 is 9.55 Å². The van der Waals surface area contributed by atoms with Gasteiger partial charge in [-0.2, -0.15) is 5.26 Å². The molecular weight excluding hydrogens is 150 g/mol. The molecule has 2 aromatic rings. The molecule has 12 heavy (non-hydrogen) atoms. The van der Waals surface area contributed by atoms with Crippen molar-refractivity contribution in [1.29, 1.82) is 5.26 Å². The van der Waals surface area contributed by atoms with Crippen molar-refractivity contribution in [2.24, 2.45) is 0 Å². The van der Waals surface area contributed by atoms with Gasteiger partial charge in [0, 0.05) is 18.6 Å². The normalized spacial score (nSPS) is 9.58. The van der Waals surface area contributed by atoms with E-state index in [4.69, 9.17) is 5.26 Å². The molecule has 1 N–H and O–H groups in total. The summed E-state index contributed by atoms with van der Waals surface area (Å²) >= 11 is 0. The van der Waals surface area contributed by atoms with Gasteiger partial charge in [-0.15, -0.1) is 0 Å². The average Bonchev–Trinajstić information content (AvgIpc) is 2.75. The molecule has 0 aliphatic carbocycles. The fraction of sp³-hybridized carbons (Fsp3) is 0. The van der Waals surface area contributed by atoms with Gasteiger partial charge in [-0.05, 0) is 18.2 Å². The lowest BCUT2D eigenvalue weighted by Crippen LogP contribution is -1.87. The molecule has 0 radical (unpaired) electrons. The Kier molecular flexibility index (Phi) is 1.45. The van der Waals surface area contributed by atoms with E-state index < -0.39 is 0 Å². The maximum Gasteiger partial charge on any atom is 0.114 e. The number of nitrogens with one attached hydrogen (secondary N) is 1. The predicted molar refractivity (Wildman–Crippen MR) is 44.8 cm³/mol. The van der Waals surface area contributed by atoms with Crippen LogP contribution >= 0.6 is 0 Å². The molecule has 2 rings (SSSR count). The van der Waals surface area contributed by atoms with Crippen LogP contribution in [0.3, 0.4) is 0 Å². The van der Waals surface area contributed by atoms with Gasteiger partial charge >= 0.3 is 0 Å². The summed E-state index contributed by atoms with van der Waals surface area (Å²) in [6.07, 6.45) is 5.48. The van der Waals surface area contributed by atoms with E-state index in [1.54, 1.807) is 12.3 Å². The topological polar surface area (TPSA) is 44.5 Å². The number of hydrogen-bond donors (Lipinski definition) is 1. The number of hydrogen-bond acceptors (Lipinski definition) is 1. The van der Waals surface area contributed by atoms with E-state index in [2.05, 4.69) is 11.1 Å². The van der Waals surface area contributed by atoms with Crippen molar-refractivity contribution in [3.8, 4) is 11.9 Å². The molecule has 58 valence electrons. The van der Waals surface area contributed by atoms with Crippen LogP contribution in [0.4, 0.5) is 0 Å². The Morgan fingerprint density at radius 2 is 2.33 bits per heavy atom. The number of aromatic nitrogens is 2. The van der Waals surface area contributed by atoms with Crippen LogP contribution in [0.2, 0.25) is 0 Å². The summed E-state index contributed by atoms with van der Waals surface area (Å²) in [7, 11) is 0. The fourth-order valence-corrected chi connectivity index (χ4v) is 1.09. The lowest BCUT2D eigenvalue weighted by atomic mass is 10.4. The monoisotopic (exact) mass is 157 g/mol. The van der Waals surface area contributed by atoms with E-state index in [0.29, 0.717) is 5.56 Å². The lowest BCUT2D eigenvalue weighted by Gasteiger charge is -1.95. The first-order chi connectivity index (χ1) is 5.90. The van der Waals surface area contributed by atoms with Crippen LogP contribution in [0.5, 0.6) is 0 Å². The number of aromatic amines is 1.